The first-order valence-electron chi connectivity index (χ1n) is 12.1. The number of benzene rings is 1. The molecular formula is C25H38N4O5S. The molecule has 4 atom stereocenters. The molecule has 0 saturated carbocycles. The van der Waals surface area contributed by atoms with E-state index in [0.717, 1.165) is 11.3 Å². The van der Waals surface area contributed by atoms with E-state index in [4.69, 9.17) is 5.73 Å². The second-order valence-corrected chi connectivity index (χ2v) is 10.3. The predicted molar refractivity (Wildman–Crippen MR) is 137 cm³/mol. The number of carboxylic acid groups (broad SMARTS) is 1. The first-order valence-corrected chi connectivity index (χ1v) is 13.5. The van der Waals surface area contributed by atoms with Gasteiger partial charge in [0.05, 0.1) is 6.04 Å². The zero-order valence-electron chi connectivity index (χ0n) is 20.7. The second-order valence-electron chi connectivity index (χ2n) is 9.36. The summed E-state index contributed by atoms with van der Waals surface area (Å²) < 4.78 is 0. The zero-order chi connectivity index (χ0) is 26.0. The molecule has 5 N–H and O–H groups in total. The predicted octanol–water partition coefficient (Wildman–Crippen LogP) is 1.40. The highest BCUT2D eigenvalue weighted by atomic mass is 32.2. The van der Waals surface area contributed by atoms with Gasteiger partial charge in [0.1, 0.15) is 18.1 Å². The van der Waals surface area contributed by atoms with Crippen molar-refractivity contribution < 1.29 is 24.3 Å². The maximum atomic E-state index is 13.4. The highest BCUT2D eigenvalue weighted by molar-refractivity contribution is 7.98. The third-order valence-corrected chi connectivity index (χ3v) is 6.67. The molecule has 0 spiro atoms. The molecule has 0 bridgehead atoms. The Morgan fingerprint density at radius 1 is 1.11 bits per heavy atom. The molecule has 0 aromatic heterocycles. The number of carboxylic acids is 1. The summed E-state index contributed by atoms with van der Waals surface area (Å²) in [6, 6.07) is 5.79. The monoisotopic (exact) mass is 506 g/mol. The lowest BCUT2D eigenvalue weighted by atomic mass is 10.00. The number of nitrogens with two attached hydrogens (primary N) is 1. The fourth-order valence-electron chi connectivity index (χ4n) is 4.17. The molecule has 1 fully saturated rings. The SMILES string of the molecule is CSCCC(N)C(=O)NC(CC(C)C)C(=O)NC(Cc1ccccc1)C(=O)N1CCCC1C(=O)O. The minimum absolute atomic E-state index is 0.103. The standard InChI is InChI=1S/C25H38N4O5S/c1-16(2)14-19(27-22(30)18(26)11-13-35-3)23(31)28-20(15-17-8-5-4-6-9-17)24(32)29-12-7-10-21(29)25(33)34/h4-6,8-9,16,18-21H,7,10-15,26H2,1-3H3,(H,27,30)(H,28,31)(H,33,34). The van der Waals surface area contributed by atoms with E-state index in [1.54, 1.807) is 11.8 Å². The first-order chi connectivity index (χ1) is 16.6. The molecule has 0 aliphatic carbocycles. The minimum atomic E-state index is -1.05. The largest absolute Gasteiger partial charge is 0.480 e. The Kier molecular flexibility index (Phi) is 11.5. The molecule has 0 radical (unpaired) electrons. The van der Waals surface area contributed by atoms with E-state index < -0.39 is 47.9 Å². The number of carbonyl (C=O) groups is 4. The van der Waals surface area contributed by atoms with Gasteiger partial charge >= 0.3 is 5.97 Å². The number of hydrogen-bond acceptors (Lipinski definition) is 6. The Morgan fingerprint density at radius 2 is 1.77 bits per heavy atom. The van der Waals surface area contributed by atoms with Gasteiger partial charge in [0.2, 0.25) is 17.7 Å². The number of rotatable bonds is 13. The normalized spacial score (nSPS) is 18.1. The number of nitrogens with zero attached hydrogens (tertiary/aromatic N) is 1. The summed E-state index contributed by atoms with van der Waals surface area (Å²) in [6.45, 7) is 4.20. The summed E-state index contributed by atoms with van der Waals surface area (Å²) >= 11 is 1.59. The van der Waals surface area contributed by atoms with Crippen LogP contribution in [-0.4, -0.2) is 76.4 Å². The van der Waals surface area contributed by atoms with Gasteiger partial charge < -0.3 is 26.4 Å². The fourth-order valence-corrected chi connectivity index (χ4v) is 4.66. The third-order valence-electron chi connectivity index (χ3n) is 6.03. The number of nitrogens with one attached hydrogen (secondary N) is 2. The van der Waals surface area contributed by atoms with Crippen molar-refractivity contribution >= 4 is 35.5 Å². The quantitative estimate of drug-likeness (QED) is 0.317. The number of thioether (sulfide) groups is 1. The average molecular weight is 507 g/mol. The van der Waals surface area contributed by atoms with Crippen molar-refractivity contribution in [3.05, 3.63) is 35.9 Å². The summed E-state index contributed by atoms with van der Waals surface area (Å²) in [5.74, 6) is -1.54. The Labute approximate surface area is 211 Å². The number of likely N-dealkylation sites (tertiary alicyclic amines) is 1. The van der Waals surface area contributed by atoms with Crippen LogP contribution in [0.25, 0.3) is 0 Å². The van der Waals surface area contributed by atoms with Gasteiger partial charge in [-0.2, -0.15) is 11.8 Å². The summed E-state index contributed by atoms with van der Waals surface area (Å²) in [5, 5.41) is 15.1. The van der Waals surface area contributed by atoms with Crippen LogP contribution in [0.2, 0.25) is 0 Å². The maximum Gasteiger partial charge on any atom is 0.326 e. The van der Waals surface area contributed by atoms with Gasteiger partial charge in [-0.15, -0.1) is 0 Å². The van der Waals surface area contributed by atoms with Crippen molar-refractivity contribution in [2.75, 3.05) is 18.6 Å². The molecule has 3 amide bonds. The molecule has 1 aliphatic rings. The molecule has 1 aromatic carbocycles. The van der Waals surface area contributed by atoms with E-state index >= 15 is 0 Å². The van der Waals surface area contributed by atoms with Gasteiger partial charge in [0, 0.05) is 13.0 Å². The number of amides is 3. The smallest absolute Gasteiger partial charge is 0.326 e. The molecule has 1 heterocycles. The highest BCUT2D eigenvalue weighted by Gasteiger charge is 2.38. The maximum absolute atomic E-state index is 13.4. The number of hydrogen-bond donors (Lipinski definition) is 4. The van der Waals surface area contributed by atoms with Gasteiger partial charge in [-0.3, -0.25) is 14.4 Å². The van der Waals surface area contributed by atoms with Crippen molar-refractivity contribution in [2.45, 2.75) is 70.1 Å². The van der Waals surface area contributed by atoms with Crippen molar-refractivity contribution in [3.8, 4) is 0 Å². The van der Waals surface area contributed by atoms with Gasteiger partial charge in [-0.25, -0.2) is 4.79 Å². The van der Waals surface area contributed by atoms with E-state index in [0.29, 0.717) is 32.2 Å². The van der Waals surface area contributed by atoms with Gasteiger partial charge in [-0.1, -0.05) is 44.2 Å². The molecule has 35 heavy (non-hydrogen) atoms. The van der Waals surface area contributed by atoms with Crippen LogP contribution in [0.3, 0.4) is 0 Å². The van der Waals surface area contributed by atoms with E-state index in [1.807, 2.05) is 50.4 Å². The summed E-state index contributed by atoms with van der Waals surface area (Å²) in [5.41, 5.74) is 6.82. The van der Waals surface area contributed by atoms with Crippen LogP contribution in [0.15, 0.2) is 30.3 Å². The molecule has 9 nitrogen and oxygen atoms in total. The van der Waals surface area contributed by atoms with Gasteiger partial charge in [-0.05, 0) is 49.2 Å². The lowest BCUT2D eigenvalue weighted by Gasteiger charge is -2.29. The van der Waals surface area contributed by atoms with Crippen molar-refractivity contribution in [3.63, 3.8) is 0 Å². The summed E-state index contributed by atoms with van der Waals surface area (Å²) in [6.07, 6.45) is 3.98. The molecular weight excluding hydrogens is 468 g/mol. The molecule has 4 unspecified atom stereocenters. The van der Waals surface area contributed by atoms with Crippen LogP contribution in [0, 0.1) is 5.92 Å². The molecule has 2 rings (SSSR count). The van der Waals surface area contributed by atoms with Gasteiger partial charge in [0.25, 0.3) is 0 Å². The van der Waals surface area contributed by atoms with Crippen LogP contribution in [0.4, 0.5) is 0 Å². The zero-order valence-corrected chi connectivity index (χ0v) is 21.6. The van der Waals surface area contributed by atoms with Crippen molar-refractivity contribution in [1.29, 1.82) is 0 Å². The van der Waals surface area contributed by atoms with E-state index in [2.05, 4.69) is 10.6 Å². The molecule has 1 saturated heterocycles. The Morgan fingerprint density at radius 3 is 2.37 bits per heavy atom. The Hall–Kier alpha value is -2.59. The lowest BCUT2D eigenvalue weighted by Crippen LogP contribution is -2.58. The van der Waals surface area contributed by atoms with Crippen LogP contribution in [-0.2, 0) is 25.6 Å². The average Bonchev–Trinajstić information content (AvgIpc) is 3.32. The topological polar surface area (TPSA) is 142 Å². The number of aliphatic carboxylic acids is 1. The van der Waals surface area contributed by atoms with E-state index in [-0.39, 0.29) is 12.3 Å². The molecule has 1 aliphatic heterocycles. The second kappa shape index (κ2) is 14.1. The number of carbonyl (C=O) groups excluding carboxylic acids is 3. The van der Waals surface area contributed by atoms with Crippen LogP contribution in [0.5, 0.6) is 0 Å². The van der Waals surface area contributed by atoms with Crippen molar-refractivity contribution in [1.82, 2.24) is 15.5 Å². The molecule has 1 aromatic rings. The Balaban J connectivity index is 2.22. The van der Waals surface area contributed by atoms with E-state index in [9.17, 15) is 24.3 Å². The summed E-state index contributed by atoms with van der Waals surface area (Å²) in [4.78, 5) is 52.4. The van der Waals surface area contributed by atoms with Crippen LogP contribution < -0.4 is 16.4 Å². The highest BCUT2D eigenvalue weighted by Crippen LogP contribution is 2.20. The Bertz CT molecular complexity index is 867. The molecule has 194 valence electrons. The first kappa shape index (κ1) is 28.6. The van der Waals surface area contributed by atoms with E-state index in [1.165, 1.54) is 4.90 Å². The summed E-state index contributed by atoms with van der Waals surface area (Å²) in [7, 11) is 0. The van der Waals surface area contributed by atoms with Gasteiger partial charge in [0.15, 0.2) is 0 Å². The molecule has 10 heteroatoms. The van der Waals surface area contributed by atoms with Crippen molar-refractivity contribution in [2.24, 2.45) is 11.7 Å². The fraction of sp³-hybridized carbons (Fsp3) is 0.600. The lowest BCUT2D eigenvalue weighted by molar-refractivity contribution is -0.149. The van der Waals surface area contributed by atoms with Crippen LogP contribution in [0.1, 0.15) is 45.1 Å². The van der Waals surface area contributed by atoms with Crippen LogP contribution >= 0.6 is 11.8 Å². The minimum Gasteiger partial charge on any atom is -0.480 e. The third kappa shape index (κ3) is 8.85.